The van der Waals surface area contributed by atoms with Gasteiger partial charge in [-0.3, -0.25) is 4.98 Å². The van der Waals surface area contributed by atoms with Crippen molar-refractivity contribution < 1.29 is 61.3 Å². The Bertz CT molecular complexity index is 245. The van der Waals surface area contributed by atoms with Gasteiger partial charge in [0.2, 0.25) is 0 Å². The molecular formula is C7H6KNO2. The molecule has 1 heterocycles. The number of carbonyl (C=O) groups excluding carboxylic acids is 1. The SMILES string of the molecule is Cc1ccc(C(=O)[O-])nc1.[K+]. The molecule has 0 aliphatic carbocycles. The Morgan fingerprint density at radius 1 is 1.55 bits per heavy atom. The smallest absolute Gasteiger partial charge is 0.543 e. The van der Waals surface area contributed by atoms with Gasteiger partial charge >= 0.3 is 51.4 Å². The van der Waals surface area contributed by atoms with Crippen LogP contribution >= 0.6 is 0 Å². The van der Waals surface area contributed by atoms with E-state index in [0.717, 1.165) is 5.56 Å². The molecule has 4 heteroatoms. The molecule has 52 valence electrons. The fraction of sp³-hybridized carbons (Fsp3) is 0.143. The molecule has 0 saturated heterocycles. The molecule has 0 unspecified atom stereocenters. The van der Waals surface area contributed by atoms with Crippen molar-refractivity contribution in [2.45, 2.75) is 6.92 Å². The Morgan fingerprint density at radius 3 is 2.55 bits per heavy atom. The van der Waals surface area contributed by atoms with Crippen molar-refractivity contribution in [3.63, 3.8) is 0 Å². The Morgan fingerprint density at radius 2 is 2.18 bits per heavy atom. The molecule has 0 aromatic carbocycles. The fourth-order valence-electron chi connectivity index (χ4n) is 0.589. The number of aromatic nitrogens is 1. The van der Waals surface area contributed by atoms with Gasteiger partial charge in [-0.2, -0.15) is 0 Å². The molecule has 0 atom stereocenters. The Hall–Kier alpha value is 0.256. The molecule has 0 saturated carbocycles. The van der Waals surface area contributed by atoms with Crippen LogP contribution in [-0.2, 0) is 0 Å². The van der Waals surface area contributed by atoms with Crippen molar-refractivity contribution >= 4 is 5.97 Å². The van der Waals surface area contributed by atoms with Crippen LogP contribution in [0.4, 0.5) is 0 Å². The van der Waals surface area contributed by atoms with Crippen LogP contribution < -0.4 is 56.5 Å². The summed E-state index contributed by atoms with van der Waals surface area (Å²) in [6.45, 7) is 1.84. The van der Waals surface area contributed by atoms with Crippen molar-refractivity contribution in [3.8, 4) is 0 Å². The summed E-state index contributed by atoms with van der Waals surface area (Å²) in [7, 11) is 0. The zero-order valence-electron chi connectivity index (χ0n) is 6.50. The van der Waals surface area contributed by atoms with Gasteiger partial charge in [-0.25, -0.2) is 0 Å². The van der Waals surface area contributed by atoms with Gasteiger partial charge in [0.1, 0.15) is 0 Å². The molecule has 0 N–H and O–H groups in total. The van der Waals surface area contributed by atoms with Crippen LogP contribution in [0.5, 0.6) is 0 Å². The van der Waals surface area contributed by atoms with Gasteiger partial charge in [-0.05, 0) is 18.6 Å². The quantitative estimate of drug-likeness (QED) is 0.421. The molecule has 0 fully saturated rings. The van der Waals surface area contributed by atoms with Gasteiger partial charge in [0.05, 0.1) is 11.7 Å². The fourth-order valence-corrected chi connectivity index (χ4v) is 0.589. The van der Waals surface area contributed by atoms with Crippen molar-refractivity contribution in [2.24, 2.45) is 0 Å². The normalized spacial score (nSPS) is 8.45. The Balaban J connectivity index is 0.000001000. The van der Waals surface area contributed by atoms with E-state index in [2.05, 4.69) is 4.98 Å². The van der Waals surface area contributed by atoms with Crippen molar-refractivity contribution in [3.05, 3.63) is 29.6 Å². The summed E-state index contributed by atoms with van der Waals surface area (Å²) in [6, 6.07) is 3.10. The third-order valence-corrected chi connectivity index (χ3v) is 1.12. The van der Waals surface area contributed by atoms with E-state index in [1.165, 1.54) is 12.3 Å². The van der Waals surface area contributed by atoms with Crippen LogP contribution in [0.15, 0.2) is 18.3 Å². The molecule has 1 aromatic heterocycles. The number of nitrogens with zero attached hydrogens (tertiary/aromatic N) is 1. The second-order valence-corrected chi connectivity index (χ2v) is 2.01. The largest absolute Gasteiger partial charge is 1.00 e. The van der Waals surface area contributed by atoms with E-state index in [1.807, 2.05) is 6.92 Å². The number of rotatable bonds is 1. The first-order valence-electron chi connectivity index (χ1n) is 2.84. The molecule has 1 aromatic rings. The van der Waals surface area contributed by atoms with Gasteiger partial charge in [-0.1, -0.05) is 6.07 Å². The first kappa shape index (κ1) is 11.3. The van der Waals surface area contributed by atoms with Crippen LogP contribution in [-0.4, -0.2) is 11.0 Å². The summed E-state index contributed by atoms with van der Waals surface area (Å²) in [4.78, 5) is 13.8. The Labute approximate surface area is 107 Å². The van der Waals surface area contributed by atoms with Gasteiger partial charge in [0, 0.05) is 6.20 Å². The van der Waals surface area contributed by atoms with Crippen LogP contribution in [0.3, 0.4) is 0 Å². The van der Waals surface area contributed by atoms with Gasteiger partial charge in [0.15, 0.2) is 0 Å². The Kier molecular flexibility index (Phi) is 5.12. The molecule has 0 bridgehead atoms. The van der Waals surface area contributed by atoms with E-state index in [1.54, 1.807) is 6.07 Å². The van der Waals surface area contributed by atoms with E-state index in [4.69, 9.17) is 0 Å². The third kappa shape index (κ3) is 3.44. The molecule has 11 heavy (non-hydrogen) atoms. The molecule has 3 nitrogen and oxygen atoms in total. The number of aromatic carboxylic acids is 1. The molecule has 0 spiro atoms. The summed E-state index contributed by atoms with van der Waals surface area (Å²) in [6.07, 6.45) is 1.49. The second kappa shape index (κ2) is 5.00. The molecule has 0 radical (unpaired) electrons. The number of carbonyl (C=O) groups is 1. The summed E-state index contributed by atoms with van der Waals surface area (Å²) >= 11 is 0. The minimum absolute atomic E-state index is 0. The van der Waals surface area contributed by atoms with Crippen molar-refractivity contribution in [1.29, 1.82) is 0 Å². The van der Waals surface area contributed by atoms with Crippen LogP contribution in [0.2, 0.25) is 0 Å². The van der Waals surface area contributed by atoms with Gasteiger partial charge in [-0.15, -0.1) is 0 Å². The van der Waals surface area contributed by atoms with E-state index < -0.39 is 5.97 Å². The number of carboxylic acids is 1. The average Bonchev–Trinajstić information content (AvgIpc) is 1.88. The number of pyridine rings is 1. The molecule has 0 amide bonds. The number of hydrogen-bond donors (Lipinski definition) is 0. The second-order valence-electron chi connectivity index (χ2n) is 2.01. The summed E-state index contributed by atoms with van der Waals surface area (Å²) in [5, 5.41) is 10.1. The zero-order valence-corrected chi connectivity index (χ0v) is 9.62. The number of aryl methyl sites for hydroxylation is 1. The van der Waals surface area contributed by atoms with E-state index >= 15 is 0 Å². The van der Waals surface area contributed by atoms with E-state index in [0.29, 0.717) is 0 Å². The zero-order chi connectivity index (χ0) is 7.56. The van der Waals surface area contributed by atoms with Gasteiger partial charge < -0.3 is 9.90 Å². The predicted octanol–water partition coefficient (Wildman–Crippen LogP) is -3.24. The monoisotopic (exact) mass is 175 g/mol. The first-order chi connectivity index (χ1) is 4.70. The average molecular weight is 175 g/mol. The maximum absolute atomic E-state index is 10.1. The first-order valence-corrected chi connectivity index (χ1v) is 2.84. The van der Waals surface area contributed by atoms with E-state index in [9.17, 15) is 9.90 Å². The maximum Gasteiger partial charge on any atom is 1.00 e. The summed E-state index contributed by atoms with van der Waals surface area (Å²) < 4.78 is 0. The van der Waals surface area contributed by atoms with Gasteiger partial charge in [0.25, 0.3) is 0 Å². The molecule has 1 rings (SSSR count). The predicted molar refractivity (Wildman–Crippen MR) is 33.3 cm³/mol. The molecular weight excluding hydrogens is 169 g/mol. The maximum atomic E-state index is 10.1. The molecule has 0 aliphatic rings. The summed E-state index contributed by atoms with van der Waals surface area (Å²) in [5.41, 5.74) is 0.913. The number of carboxylic acid groups (broad SMARTS) is 1. The van der Waals surface area contributed by atoms with Crippen LogP contribution in [0.25, 0.3) is 0 Å². The summed E-state index contributed by atoms with van der Waals surface area (Å²) in [5.74, 6) is -1.24. The molecule has 0 aliphatic heterocycles. The third-order valence-electron chi connectivity index (χ3n) is 1.12. The topological polar surface area (TPSA) is 53.0 Å². The number of hydrogen-bond acceptors (Lipinski definition) is 3. The van der Waals surface area contributed by atoms with Crippen LogP contribution in [0.1, 0.15) is 16.1 Å². The van der Waals surface area contributed by atoms with Crippen molar-refractivity contribution in [2.75, 3.05) is 0 Å². The van der Waals surface area contributed by atoms with Crippen molar-refractivity contribution in [1.82, 2.24) is 4.98 Å². The van der Waals surface area contributed by atoms with Crippen LogP contribution in [0, 0.1) is 6.92 Å². The minimum atomic E-state index is -1.24. The standard InChI is InChI=1S/C7H7NO2.K/c1-5-2-3-6(7(9)10)8-4-5;/h2-4H,1H3,(H,9,10);/q;+1/p-1. The van der Waals surface area contributed by atoms with E-state index in [-0.39, 0.29) is 57.1 Å². The minimum Gasteiger partial charge on any atom is -0.543 e.